The Balaban J connectivity index is 2.34. The van der Waals surface area contributed by atoms with Crippen LogP contribution in [0.4, 0.5) is 0 Å². The number of nitrogens with one attached hydrogen (secondary N) is 1. The first-order valence-corrected chi connectivity index (χ1v) is 4.39. The zero-order chi connectivity index (χ0) is 8.81. The molecule has 0 aliphatic carbocycles. The van der Waals surface area contributed by atoms with Gasteiger partial charge in [0.1, 0.15) is 0 Å². The summed E-state index contributed by atoms with van der Waals surface area (Å²) in [5.74, 6) is 0.114. The molecule has 0 aromatic heterocycles. The van der Waals surface area contributed by atoms with Gasteiger partial charge in [0.2, 0.25) is 5.96 Å². The molecule has 0 atom stereocenters. The standard InChI is InChI=1S/C7H17N5/c8-7(9)11-12-6-4-2-1-3-5-10-12/h10H,1-6H2,(H4,8,9,11). The van der Waals surface area contributed by atoms with E-state index in [0.717, 1.165) is 19.5 Å². The predicted molar refractivity (Wildman–Crippen MR) is 49.0 cm³/mol. The van der Waals surface area contributed by atoms with Crippen molar-refractivity contribution in [3.63, 3.8) is 0 Å². The first kappa shape index (κ1) is 9.12. The van der Waals surface area contributed by atoms with Crippen molar-refractivity contribution < 1.29 is 0 Å². The van der Waals surface area contributed by atoms with Gasteiger partial charge in [0.15, 0.2) is 0 Å². The van der Waals surface area contributed by atoms with Crippen molar-refractivity contribution in [2.45, 2.75) is 25.7 Å². The summed E-state index contributed by atoms with van der Waals surface area (Å²) in [5.41, 5.74) is 13.7. The normalized spacial score (nSPS) is 19.5. The van der Waals surface area contributed by atoms with Crippen LogP contribution in [-0.2, 0) is 0 Å². The first-order valence-electron chi connectivity index (χ1n) is 4.39. The van der Waals surface area contributed by atoms with Gasteiger partial charge in [-0.1, -0.05) is 12.8 Å². The van der Waals surface area contributed by atoms with Crippen molar-refractivity contribution in [2.24, 2.45) is 16.6 Å². The van der Waals surface area contributed by atoms with Gasteiger partial charge in [-0.15, -0.1) is 5.10 Å². The third-order valence-corrected chi connectivity index (χ3v) is 1.83. The van der Waals surface area contributed by atoms with E-state index in [1.807, 2.05) is 0 Å². The molecule has 0 unspecified atom stereocenters. The van der Waals surface area contributed by atoms with Gasteiger partial charge in [0.05, 0.1) is 6.54 Å². The van der Waals surface area contributed by atoms with E-state index in [4.69, 9.17) is 11.5 Å². The van der Waals surface area contributed by atoms with Crippen LogP contribution in [0, 0.1) is 0 Å². The van der Waals surface area contributed by atoms with Gasteiger partial charge in [-0.3, -0.25) is 0 Å². The number of hydrazone groups is 1. The Morgan fingerprint density at radius 3 is 2.67 bits per heavy atom. The molecule has 0 spiro atoms. The quantitative estimate of drug-likeness (QED) is 0.369. The van der Waals surface area contributed by atoms with E-state index in [1.165, 1.54) is 19.3 Å². The minimum absolute atomic E-state index is 0.114. The maximum atomic E-state index is 5.26. The summed E-state index contributed by atoms with van der Waals surface area (Å²) in [6, 6.07) is 0. The third kappa shape index (κ3) is 3.43. The van der Waals surface area contributed by atoms with Crippen molar-refractivity contribution in [1.82, 2.24) is 10.5 Å². The number of nitrogens with zero attached hydrogens (tertiary/aromatic N) is 2. The molecule has 0 amide bonds. The molecular weight excluding hydrogens is 154 g/mol. The summed E-state index contributed by atoms with van der Waals surface area (Å²) in [7, 11) is 0. The Kier molecular flexibility index (Phi) is 3.66. The van der Waals surface area contributed by atoms with E-state index in [1.54, 1.807) is 5.12 Å². The summed E-state index contributed by atoms with van der Waals surface area (Å²) in [5, 5.41) is 5.66. The molecule has 0 aromatic carbocycles. The second-order valence-corrected chi connectivity index (χ2v) is 2.97. The molecule has 70 valence electrons. The van der Waals surface area contributed by atoms with Crippen LogP contribution >= 0.6 is 0 Å². The van der Waals surface area contributed by atoms with Crippen LogP contribution in [0.15, 0.2) is 5.10 Å². The Hall–Kier alpha value is -0.970. The summed E-state index contributed by atoms with van der Waals surface area (Å²) >= 11 is 0. The molecule has 1 rings (SSSR count). The number of hydrogen-bond donors (Lipinski definition) is 3. The number of nitrogens with two attached hydrogens (primary N) is 2. The molecule has 0 bridgehead atoms. The molecule has 5 nitrogen and oxygen atoms in total. The molecule has 0 aromatic rings. The van der Waals surface area contributed by atoms with E-state index >= 15 is 0 Å². The number of guanidine groups is 1. The van der Waals surface area contributed by atoms with E-state index in [-0.39, 0.29) is 5.96 Å². The molecule has 5 heteroatoms. The molecule has 0 radical (unpaired) electrons. The number of hydrazine groups is 1. The lowest BCUT2D eigenvalue weighted by atomic mass is 10.2. The van der Waals surface area contributed by atoms with E-state index in [0.29, 0.717) is 0 Å². The molecule has 1 aliphatic heterocycles. The molecule has 1 aliphatic rings. The average Bonchev–Trinajstić information content (AvgIpc) is 1.93. The lowest BCUT2D eigenvalue weighted by Gasteiger charge is -2.22. The Bertz CT molecular complexity index is 144. The molecule has 1 heterocycles. The molecular formula is C7H17N5. The van der Waals surface area contributed by atoms with Crippen molar-refractivity contribution in [2.75, 3.05) is 13.1 Å². The van der Waals surface area contributed by atoms with Crippen LogP contribution in [0.3, 0.4) is 0 Å². The van der Waals surface area contributed by atoms with Crippen molar-refractivity contribution in [1.29, 1.82) is 0 Å². The van der Waals surface area contributed by atoms with Gasteiger partial charge < -0.3 is 11.5 Å². The lowest BCUT2D eigenvalue weighted by molar-refractivity contribution is 0.179. The Morgan fingerprint density at radius 1 is 1.17 bits per heavy atom. The van der Waals surface area contributed by atoms with E-state index < -0.39 is 0 Å². The Labute approximate surface area is 72.7 Å². The molecule has 12 heavy (non-hydrogen) atoms. The fraction of sp³-hybridized carbons (Fsp3) is 0.857. The van der Waals surface area contributed by atoms with Gasteiger partial charge in [0.25, 0.3) is 0 Å². The fourth-order valence-corrected chi connectivity index (χ4v) is 1.25. The van der Waals surface area contributed by atoms with Crippen molar-refractivity contribution >= 4 is 5.96 Å². The molecule has 1 saturated heterocycles. The highest BCUT2D eigenvalue weighted by Gasteiger charge is 2.03. The van der Waals surface area contributed by atoms with Gasteiger partial charge in [-0.2, -0.15) is 0 Å². The minimum Gasteiger partial charge on any atom is -0.369 e. The van der Waals surface area contributed by atoms with Crippen molar-refractivity contribution in [3.8, 4) is 0 Å². The SMILES string of the molecule is NC(N)=NN1CCCCCCN1. The van der Waals surface area contributed by atoms with Gasteiger partial charge in [-0.25, -0.2) is 10.5 Å². The summed E-state index contributed by atoms with van der Waals surface area (Å²) in [6.07, 6.45) is 4.89. The highest BCUT2D eigenvalue weighted by molar-refractivity contribution is 5.75. The minimum atomic E-state index is 0.114. The van der Waals surface area contributed by atoms with Crippen molar-refractivity contribution in [3.05, 3.63) is 0 Å². The summed E-state index contributed by atoms with van der Waals surface area (Å²) in [4.78, 5) is 0. The molecule has 5 N–H and O–H groups in total. The van der Waals surface area contributed by atoms with Crippen LogP contribution in [-0.4, -0.2) is 24.2 Å². The van der Waals surface area contributed by atoms with Crippen LogP contribution < -0.4 is 16.9 Å². The number of rotatable bonds is 1. The largest absolute Gasteiger partial charge is 0.369 e. The van der Waals surface area contributed by atoms with Gasteiger partial charge >= 0.3 is 0 Å². The average molecular weight is 171 g/mol. The molecule has 1 fully saturated rings. The number of hydrogen-bond acceptors (Lipinski definition) is 3. The molecule has 0 saturated carbocycles. The highest BCUT2D eigenvalue weighted by atomic mass is 15.7. The first-order chi connectivity index (χ1) is 5.79. The van der Waals surface area contributed by atoms with Crippen LogP contribution in [0.1, 0.15) is 25.7 Å². The zero-order valence-corrected chi connectivity index (χ0v) is 7.29. The van der Waals surface area contributed by atoms with Crippen LogP contribution in [0.25, 0.3) is 0 Å². The highest BCUT2D eigenvalue weighted by Crippen LogP contribution is 2.03. The van der Waals surface area contributed by atoms with Crippen LogP contribution in [0.5, 0.6) is 0 Å². The fourth-order valence-electron chi connectivity index (χ4n) is 1.25. The maximum absolute atomic E-state index is 5.26. The van der Waals surface area contributed by atoms with Crippen LogP contribution in [0.2, 0.25) is 0 Å². The predicted octanol–water partition coefficient (Wildman–Crippen LogP) is -0.445. The third-order valence-electron chi connectivity index (χ3n) is 1.83. The lowest BCUT2D eigenvalue weighted by Crippen LogP contribution is -2.39. The topological polar surface area (TPSA) is 79.7 Å². The van der Waals surface area contributed by atoms with E-state index in [9.17, 15) is 0 Å². The Morgan fingerprint density at radius 2 is 1.92 bits per heavy atom. The van der Waals surface area contributed by atoms with Gasteiger partial charge in [0, 0.05) is 6.54 Å². The van der Waals surface area contributed by atoms with Gasteiger partial charge in [-0.05, 0) is 12.8 Å². The monoisotopic (exact) mass is 171 g/mol. The summed E-state index contributed by atoms with van der Waals surface area (Å²) in [6.45, 7) is 1.84. The zero-order valence-electron chi connectivity index (χ0n) is 7.29. The second-order valence-electron chi connectivity index (χ2n) is 2.97. The summed E-state index contributed by atoms with van der Waals surface area (Å²) < 4.78 is 0. The maximum Gasteiger partial charge on any atom is 0.210 e. The smallest absolute Gasteiger partial charge is 0.210 e. The van der Waals surface area contributed by atoms with E-state index in [2.05, 4.69) is 10.5 Å². The second kappa shape index (κ2) is 4.82.